The van der Waals surface area contributed by atoms with E-state index in [-0.39, 0.29) is 5.15 Å². The third-order valence-corrected chi connectivity index (χ3v) is 3.81. The van der Waals surface area contributed by atoms with Gasteiger partial charge < -0.3 is 14.9 Å². The first-order valence-corrected chi connectivity index (χ1v) is 6.31. The van der Waals surface area contributed by atoms with E-state index in [0.717, 1.165) is 0 Å². The fourth-order valence-electron chi connectivity index (χ4n) is 2.41. The number of fused-ring (bicyclic) bond motifs is 1. The molecule has 1 aliphatic rings. The molecule has 3 heterocycles. The summed E-state index contributed by atoms with van der Waals surface area (Å²) in [5.41, 5.74) is -0.923. The second-order valence-electron chi connectivity index (χ2n) is 4.74. The molecule has 2 unspecified atom stereocenters. The Morgan fingerprint density at radius 1 is 1.50 bits per heavy atom. The van der Waals surface area contributed by atoms with Gasteiger partial charge in [-0.1, -0.05) is 11.6 Å². The van der Waals surface area contributed by atoms with Crippen molar-refractivity contribution in [3.8, 4) is 0 Å². The van der Waals surface area contributed by atoms with Crippen LogP contribution in [-0.4, -0.2) is 54.7 Å². The third-order valence-electron chi connectivity index (χ3n) is 3.53. The van der Waals surface area contributed by atoms with Crippen LogP contribution in [0.3, 0.4) is 0 Å². The van der Waals surface area contributed by atoms with E-state index >= 15 is 0 Å². The summed E-state index contributed by atoms with van der Waals surface area (Å²) < 4.78 is 21.2. The molecule has 9 heteroatoms. The summed E-state index contributed by atoms with van der Waals surface area (Å²) in [6, 6.07) is 0. The van der Waals surface area contributed by atoms with Crippen molar-refractivity contribution in [1.82, 2.24) is 19.5 Å². The number of hydrogen-bond acceptors (Lipinski definition) is 6. The Morgan fingerprint density at radius 2 is 2.25 bits per heavy atom. The van der Waals surface area contributed by atoms with E-state index in [1.54, 1.807) is 0 Å². The number of aliphatic hydroxyl groups excluding tert-OH is 2. The van der Waals surface area contributed by atoms with Gasteiger partial charge in [-0.15, -0.1) is 0 Å². The van der Waals surface area contributed by atoms with Crippen molar-refractivity contribution in [3.63, 3.8) is 0 Å². The molecule has 0 aromatic carbocycles. The fourth-order valence-corrected chi connectivity index (χ4v) is 2.59. The number of hydrogen-bond donors (Lipinski definition) is 2. The van der Waals surface area contributed by atoms with Gasteiger partial charge in [0.05, 0.1) is 12.9 Å². The normalized spacial score (nSPS) is 34.0. The number of aromatic nitrogens is 4. The first kappa shape index (κ1) is 13.6. The number of halogens is 2. The molecule has 1 aliphatic heterocycles. The fraction of sp³-hybridized carbons (Fsp3) is 0.545. The largest absolute Gasteiger partial charge is 0.394 e. The summed E-state index contributed by atoms with van der Waals surface area (Å²) in [5, 5.41) is 19.0. The molecule has 0 amide bonds. The van der Waals surface area contributed by atoms with Crippen LogP contribution in [0.2, 0.25) is 5.15 Å². The van der Waals surface area contributed by atoms with Crippen molar-refractivity contribution >= 4 is 22.8 Å². The summed E-state index contributed by atoms with van der Waals surface area (Å²) in [7, 11) is 0. The maximum Gasteiger partial charge on any atom is 0.179 e. The molecule has 20 heavy (non-hydrogen) atoms. The van der Waals surface area contributed by atoms with Gasteiger partial charge >= 0.3 is 0 Å². The zero-order valence-corrected chi connectivity index (χ0v) is 11.2. The van der Waals surface area contributed by atoms with E-state index in [2.05, 4.69) is 15.0 Å². The molecule has 0 spiro atoms. The van der Waals surface area contributed by atoms with Crippen LogP contribution in [0.25, 0.3) is 11.2 Å². The van der Waals surface area contributed by atoms with E-state index < -0.39 is 30.7 Å². The van der Waals surface area contributed by atoms with E-state index in [4.69, 9.17) is 21.4 Å². The number of imidazole rings is 1. The van der Waals surface area contributed by atoms with Crippen LogP contribution < -0.4 is 0 Å². The second kappa shape index (κ2) is 4.59. The molecule has 7 nitrogen and oxygen atoms in total. The van der Waals surface area contributed by atoms with E-state index in [1.165, 1.54) is 24.1 Å². The lowest BCUT2D eigenvalue weighted by molar-refractivity contribution is -0.118. The molecular weight excluding hydrogens is 291 g/mol. The minimum atomic E-state index is -1.74. The average Bonchev–Trinajstić information content (AvgIpc) is 2.96. The maximum absolute atomic E-state index is 14.4. The van der Waals surface area contributed by atoms with Gasteiger partial charge in [0.15, 0.2) is 22.7 Å². The van der Waals surface area contributed by atoms with E-state index in [0.29, 0.717) is 11.2 Å². The predicted octanol–water partition coefficient (Wildman–Crippen LogP) is 0.242. The Kier molecular flexibility index (Phi) is 3.13. The number of alkyl halides is 1. The SMILES string of the molecule is C[C@@]1(n2cnc3c(Cl)ncnc32)O[C@H](CO)C(O)C1F. The van der Waals surface area contributed by atoms with Gasteiger partial charge in [-0.25, -0.2) is 19.3 Å². The zero-order chi connectivity index (χ0) is 14.5. The Bertz CT molecular complexity index is 654. The highest BCUT2D eigenvalue weighted by Gasteiger charge is 2.54. The minimum absolute atomic E-state index is 0.144. The molecule has 108 valence electrons. The first-order chi connectivity index (χ1) is 9.49. The molecule has 2 aromatic rings. The molecule has 0 radical (unpaired) electrons. The number of aliphatic hydroxyl groups is 2. The molecule has 1 fully saturated rings. The number of rotatable bonds is 2. The Labute approximate surface area is 118 Å². The highest BCUT2D eigenvalue weighted by atomic mass is 35.5. The summed E-state index contributed by atoms with van der Waals surface area (Å²) in [4.78, 5) is 11.8. The maximum atomic E-state index is 14.4. The van der Waals surface area contributed by atoms with Crippen molar-refractivity contribution < 1.29 is 19.3 Å². The topological polar surface area (TPSA) is 93.3 Å². The van der Waals surface area contributed by atoms with Crippen LogP contribution in [0, 0.1) is 0 Å². The van der Waals surface area contributed by atoms with Crippen molar-refractivity contribution in [2.75, 3.05) is 6.61 Å². The van der Waals surface area contributed by atoms with Crippen molar-refractivity contribution in [2.45, 2.75) is 31.0 Å². The van der Waals surface area contributed by atoms with Crippen molar-refractivity contribution in [3.05, 3.63) is 17.8 Å². The lowest BCUT2D eigenvalue weighted by Gasteiger charge is -2.28. The summed E-state index contributed by atoms with van der Waals surface area (Å²) in [5.74, 6) is 0. The lowest BCUT2D eigenvalue weighted by atomic mass is 10.1. The van der Waals surface area contributed by atoms with Gasteiger partial charge in [-0.3, -0.25) is 4.57 Å². The highest BCUT2D eigenvalue weighted by Crippen LogP contribution is 2.39. The van der Waals surface area contributed by atoms with Crippen LogP contribution in [0.15, 0.2) is 12.7 Å². The molecule has 0 aliphatic carbocycles. The predicted molar refractivity (Wildman–Crippen MR) is 66.8 cm³/mol. The van der Waals surface area contributed by atoms with Gasteiger partial charge in [0.2, 0.25) is 0 Å². The van der Waals surface area contributed by atoms with Crippen LogP contribution in [0.4, 0.5) is 4.39 Å². The molecule has 2 N–H and O–H groups in total. The third kappa shape index (κ3) is 1.72. The monoisotopic (exact) mass is 302 g/mol. The van der Waals surface area contributed by atoms with Crippen LogP contribution >= 0.6 is 11.6 Å². The van der Waals surface area contributed by atoms with E-state index in [1.807, 2.05) is 0 Å². The quantitative estimate of drug-likeness (QED) is 0.772. The number of ether oxygens (including phenoxy) is 1. The summed E-state index contributed by atoms with van der Waals surface area (Å²) in [6.07, 6.45) is -1.63. The Morgan fingerprint density at radius 3 is 2.90 bits per heavy atom. The average molecular weight is 303 g/mol. The molecule has 3 rings (SSSR count). The number of nitrogens with zero attached hydrogens (tertiary/aromatic N) is 4. The van der Waals surface area contributed by atoms with Crippen molar-refractivity contribution in [1.29, 1.82) is 0 Å². The van der Waals surface area contributed by atoms with Crippen LogP contribution in [0.1, 0.15) is 6.92 Å². The summed E-state index contributed by atoms with van der Waals surface area (Å²) in [6.45, 7) is 0.966. The summed E-state index contributed by atoms with van der Waals surface area (Å²) >= 11 is 5.89. The van der Waals surface area contributed by atoms with Gasteiger partial charge in [0, 0.05) is 0 Å². The smallest absolute Gasteiger partial charge is 0.179 e. The zero-order valence-electron chi connectivity index (χ0n) is 10.4. The van der Waals surface area contributed by atoms with Crippen molar-refractivity contribution in [2.24, 2.45) is 0 Å². The standard InChI is InChI=1S/C11H12ClFN4O3/c1-11(8(13)7(19)5(2-18)20-11)17-4-16-6-9(12)14-3-15-10(6)17/h3-5,7-8,18-19H,2H2,1H3/t5-,7?,8?,11-/m1/s1. The molecule has 4 atom stereocenters. The molecule has 0 bridgehead atoms. The second-order valence-corrected chi connectivity index (χ2v) is 5.10. The Hall–Kier alpha value is -1.35. The highest BCUT2D eigenvalue weighted by molar-refractivity contribution is 6.33. The Balaban J connectivity index is 2.13. The molecule has 2 aromatic heterocycles. The van der Waals surface area contributed by atoms with Gasteiger partial charge in [-0.05, 0) is 6.92 Å². The molecule has 0 saturated carbocycles. The molecular formula is C11H12ClFN4O3. The lowest BCUT2D eigenvalue weighted by Crippen LogP contribution is -2.40. The first-order valence-electron chi connectivity index (χ1n) is 5.94. The molecule has 1 saturated heterocycles. The van der Waals surface area contributed by atoms with Crippen LogP contribution in [-0.2, 0) is 10.5 Å². The minimum Gasteiger partial charge on any atom is -0.394 e. The van der Waals surface area contributed by atoms with E-state index in [9.17, 15) is 9.50 Å². The van der Waals surface area contributed by atoms with Gasteiger partial charge in [0.25, 0.3) is 0 Å². The van der Waals surface area contributed by atoms with Gasteiger partial charge in [-0.2, -0.15) is 0 Å². The van der Waals surface area contributed by atoms with Gasteiger partial charge in [0.1, 0.15) is 24.1 Å². The van der Waals surface area contributed by atoms with Crippen LogP contribution in [0.5, 0.6) is 0 Å².